The normalized spacial score (nSPS) is 11.2. The van der Waals surface area contributed by atoms with Crippen LogP contribution in [0.5, 0.6) is 0 Å². The Morgan fingerprint density at radius 2 is 1.75 bits per heavy atom. The lowest BCUT2D eigenvalue weighted by Crippen LogP contribution is -2.24. The van der Waals surface area contributed by atoms with E-state index in [9.17, 15) is 23.5 Å². The van der Waals surface area contributed by atoms with Crippen LogP contribution in [0, 0.1) is 15.3 Å². The van der Waals surface area contributed by atoms with Crippen LogP contribution in [-0.2, 0) is 6.54 Å². The zero-order valence-corrected chi connectivity index (χ0v) is 16.4. The van der Waals surface area contributed by atoms with Gasteiger partial charge in [-0.25, -0.2) is 13.6 Å². The molecule has 0 radical (unpaired) electrons. The van der Waals surface area contributed by atoms with E-state index in [1.165, 1.54) is 18.2 Å². The van der Waals surface area contributed by atoms with Crippen molar-refractivity contribution in [2.75, 3.05) is 0 Å². The summed E-state index contributed by atoms with van der Waals surface area (Å²) in [5.74, 6) is -2.49. The number of aromatic nitrogens is 1. The van der Waals surface area contributed by atoms with Crippen LogP contribution < -0.4 is 5.43 Å². The summed E-state index contributed by atoms with van der Waals surface area (Å²) in [6.07, 6.45) is 0. The summed E-state index contributed by atoms with van der Waals surface area (Å²) >= 11 is 1.80. The second kappa shape index (κ2) is 6.97. The Bertz CT molecular complexity index is 1330. The molecular formula is C21H12F2INO3. The van der Waals surface area contributed by atoms with E-state index in [0.717, 1.165) is 22.4 Å². The third kappa shape index (κ3) is 3.05. The van der Waals surface area contributed by atoms with Crippen molar-refractivity contribution in [2.24, 2.45) is 0 Å². The van der Waals surface area contributed by atoms with Crippen molar-refractivity contribution in [1.82, 2.24) is 4.57 Å². The molecule has 0 fully saturated rings. The fourth-order valence-corrected chi connectivity index (χ4v) is 4.21. The number of pyridine rings is 1. The summed E-state index contributed by atoms with van der Waals surface area (Å²) in [6, 6.07) is 14.1. The van der Waals surface area contributed by atoms with E-state index >= 15 is 0 Å². The standard InChI is InChI=1S/C21H12F2INO3/c22-14-7-6-12-8-11(4-5-13(12)9-14)10-25-16-3-1-2-15(23)17(16)19(26)18(20(25)24)21(27)28/h1-9H,10H2,(H,27,28). The maximum absolute atomic E-state index is 14.3. The third-order valence-electron chi connectivity index (χ3n) is 4.60. The van der Waals surface area contributed by atoms with Gasteiger partial charge in [0.25, 0.3) is 0 Å². The molecule has 0 saturated heterocycles. The topological polar surface area (TPSA) is 59.3 Å². The maximum atomic E-state index is 14.3. The van der Waals surface area contributed by atoms with Crippen LogP contribution in [0.25, 0.3) is 21.7 Å². The molecule has 28 heavy (non-hydrogen) atoms. The number of carboxylic acid groups (broad SMARTS) is 1. The van der Waals surface area contributed by atoms with Gasteiger partial charge in [-0.05, 0) is 69.3 Å². The fraction of sp³-hybridized carbons (Fsp3) is 0.0476. The average Bonchev–Trinajstić information content (AvgIpc) is 2.64. The lowest BCUT2D eigenvalue weighted by atomic mass is 10.1. The minimum absolute atomic E-state index is 0.215. The summed E-state index contributed by atoms with van der Waals surface area (Å²) in [5.41, 5.74) is -0.169. The molecule has 0 aliphatic heterocycles. The number of aromatic carboxylic acids is 1. The molecule has 0 bridgehead atoms. The largest absolute Gasteiger partial charge is 0.477 e. The van der Waals surface area contributed by atoms with Gasteiger partial charge in [-0.2, -0.15) is 0 Å². The van der Waals surface area contributed by atoms with Crippen molar-refractivity contribution >= 4 is 50.2 Å². The summed E-state index contributed by atoms with van der Waals surface area (Å²) in [4.78, 5) is 24.2. The van der Waals surface area contributed by atoms with Crippen molar-refractivity contribution in [1.29, 1.82) is 0 Å². The minimum Gasteiger partial charge on any atom is -0.477 e. The number of fused-ring (bicyclic) bond motifs is 2. The molecule has 0 aliphatic carbocycles. The van der Waals surface area contributed by atoms with Gasteiger partial charge >= 0.3 is 5.97 Å². The Morgan fingerprint density at radius 3 is 2.50 bits per heavy atom. The van der Waals surface area contributed by atoms with E-state index in [2.05, 4.69) is 0 Å². The number of benzene rings is 3. The zero-order valence-electron chi connectivity index (χ0n) is 14.2. The quantitative estimate of drug-likeness (QED) is 0.332. The average molecular weight is 491 g/mol. The first kappa shape index (κ1) is 18.5. The molecule has 0 unspecified atom stereocenters. The fourth-order valence-electron chi connectivity index (χ4n) is 3.31. The van der Waals surface area contributed by atoms with Crippen LogP contribution in [0.1, 0.15) is 15.9 Å². The van der Waals surface area contributed by atoms with Gasteiger partial charge in [0.05, 0.1) is 14.6 Å². The van der Waals surface area contributed by atoms with E-state index < -0.39 is 22.8 Å². The van der Waals surface area contributed by atoms with E-state index in [1.807, 2.05) is 6.07 Å². The van der Waals surface area contributed by atoms with Gasteiger partial charge in [0.15, 0.2) is 0 Å². The lowest BCUT2D eigenvalue weighted by molar-refractivity contribution is 0.0693. The SMILES string of the molecule is O=C(O)c1c(I)n(Cc2ccc3cc(F)ccc3c2)c2cccc(F)c2c1=O. The molecule has 4 aromatic rings. The molecule has 0 atom stereocenters. The summed E-state index contributed by atoms with van der Waals surface area (Å²) in [7, 11) is 0. The first-order valence-electron chi connectivity index (χ1n) is 8.29. The number of hydrogen-bond acceptors (Lipinski definition) is 2. The number of hydrogen-bond donors (Lipinski definition) is 1. The minimum atomic E-state index is -1.40. The van der Waals surface area contributed by atoms with Crippen LogP contribution in [0.4, 0.5) is 8.78 Å². The third-order valence-corrected chi connectivity index (χ3v) is 5.72. The van der Waals surface area contributed by atoms with Crippen LogP contribution in [0.3, 0.4) is 0 Å². The van der Waals surface area contributed by atoms with E-state index in [1.54, 1.807) is 51.4 Å². The molecule has 0 spiro atoms. The van der Waals surface area contributed by atoms with Crippen LogP contribution in [0.15, 0.2) is 59.4 Å². The van der Waals surface area contributed by atoms with E-state index in [0.29, 0.717) is 5.52 Å². The van der Waals surface area contributed by atoms with Gasteiger partial charge in [0, 0.05) is 6.54 Å². The van der Waals surface area contributed by atoms with Gasteiger partial charge in [0.2, 0.25) is 5.43 Å². The Balaban J connectivity index is 1.96. The van der Waals surface area contributed by atoms with E-state index in [-0.39, 0.29) is 21.4 Å². The Hall–Kier alpha value is -2.81. The number of carboxylic acids is 1. The van der Waals surface area contributed by atoms with Gasteiger partial charge in [-0.1, -0.05) is 24.3 Å². The van der Waals surface area contributed by atoms with Crippen molar-refractivity contribution in [3.8, 4) is 0 Å². The smallest absolute Gasteiger partial charge is 0.342 e. The van der Waals surface area contributed by atoms with Gasteiger partial charge in [-0.3, -0.25) is 4.79 Å². The van der Waals surface area contributed by atoms with Crippen LogP contribution in [0.2, 0.25) is 0 Å². The molecular weight excluding hydrogens is 479 g/mol. The highest BCUT2D eigenvalue weighted by Gasteiger charge is 2.22. The predicted molar refractivity (Wildman–Crippen MR) is 111 cm³/mol. The molecule has 0 saturated carbocycles. The monoisotopic (exact) mass is 491 g/mol. The van der Waals surface area contributed by atoms with Crippen molar-refractivity contribution < 1.29 is 18.7 Å². The lowest BCUT2D eigenvalue weighted by Gasteiger charge is -2.16. The summed E-state index contributed by atoms with van der Waals surface area (Å²) < 4.78 is 29.5. The molecule has 1 heterocycles. The van der Waals surface area contributed by atoms with E-state index in [4.69, 9.17) is 0 Å². The number of nitrogens with zero attached hydrogens (tertiary/aromatic N) is 1. The Morgan fingerprint density at radius 1 is 1.04 bits per heavy atom. The highest BCUT2D eigenvalue weighted by molar-refractivity contribution is 14.1. The Kier molecular flexibility index (Phi) is 4.62. The summed E-state index contributed by atoms with van der Waals surface area (Å²) in [6.45, 7) is 0.228. The molecule has 3 aromatic carbocycles. The molecule has 140 valence electrons. The maximum Gasteiger partial charge on any atom is 0.342 e. The summed E-state index contributed by atoms with van der Waals surface area (Å²) in [5, 5.41) is 10.8. The molecule has 0 amide bonds. The number of carbonyl (C=O) groups is 1. The number of rotatable bonds is 3. The van der Waals surface area contributed by atoms with Gasteiger partial charge in [0.1, 0.15) is 17.2 Å². The molecule has 0 aliphatic rings. The predicted octanol–water partition coefficient (Wildman–Crippen LogP) is 4.78. The highest BCUT2D eigenvalue weighted by Crippen LogP contribution is 2.24. The second-order valence-corrected chi connectivity index (χ2v) is 7.37. The van der Waals surface area contributed by atoms with Crippen molar-refractivity contribution in [3.05, 3.63) is 91.3 Å². The highest BCUT2D eigenvalue weighted by atomic mass is 127. The van der Waals surface area contributed by atoms with Crippen molar-refractivity contribution in [3.63, 3.8) is 0 Å². The molecule has 1 N–H and O–H groups in total. The van der Waals surface area contributed by atoms with Crippen molar-refractivity contribution in [2.45, 2.75) is 6.54 Å². The molecule has 1 aromatic heterocycles. The second-order valence-electron chi connectivity index (χ2n) is 6.35. The molecule has 4 rings (SSSR count). The molecule has 4 nitrogen and oxygen atoms in total. The zero-order chi connectivity index (χ0) is 20.0. The first-order valence-corrected chi connectivity index (χ1v) is 9.36. The molecule has 7 heteroatoms. The van der Waals surface area contributed by atoms with Gasteiger partial charge < -0.3 is 9.67 Å². The van der Waals surface area contributed by atoms with Crippen LogP contribution >= 0.6 is 22.6 Å². The Labute approximate surface area is 171 Å². The number of halogens is 3. The van der Waals surface area contributed by atoms with Crippen LogP contribution in [-0.4, -0.2) is 15.6 Å². The first-order chi connectivity index (χ1) is 13.4. The van der Waals surface area contributed by atoms with Gasteiger partial charge in [-0.15, -0.1) is 0 Å².